The number of benzene rings is 1. The van der Waals surface area contributed by atoms with Crippen LogP contribution in [0.25, 0.3) is 0 Å². The number of nitrogens with zero attached hydrogens (tertiary/aromatic N) is 2. The fraction of sp³-hybridized carbons (Fsp3) is 0.717. The Morgan fingerprint density at radius 3 is 2.24 bits per heavy atom. The molecule has 24 nitrogen and oxygen atoms in total. The number of epoxide rings is 1. The van der Waals surface area contributed by atoms with E-state index in [4.69, 9.17) is 39.9 Å². The average Bonchev–Trinajstić information content (AvgIpc) is 2.55. The van der Waals surface area contributed by atoms with Gasteiger partial charge in [-0.2, -0.15) is 0 Å². The minimum Gasteiger partial charge on any atom is -0.445 e. The Hall–Kier alpha value is -5.41. The second-order valence-electron chi connectivity index (χ2n) is 23.7. The van der Waals surface area contributed by atoms with Gasteiger partial charge >= 0.3 is 18.2 Å². The number of carbonyl (C=O) groups excluding carboxylic acids is 7. The highest BCUT2D eigenvalue weighted by atomic mass is 79.9. The molecule has 12 atom stereocenters. The number of nitrogens with one attached hydrogen (secondary N) is 6. The van der Waals surface area contributed by atoms with Crippen LogP contribution in [0, 0.1) is 17.8 Å². The Morgan fingerprint density at radius 1 is 0.882 bits per heavy atom. The Balaban J connectivity index is 0.946. The van der Waals surface area contributed by atoms with Crippen molar-refractivity contribution >= 4 is 63.5 Å². The summed E-state index contributed by atoms with van der Waals surface area (Å²) in [6, 6.07) is 4.31. The van der Waals surface area contributed by atoms with Crippen LogP contribution in [-0.4, -0.2) is 182 Å². The first kappa shape index (κ1) is 70.4. The van der Waals surface area contributed by atoms with E-state index in [1.54, 1.807) is 42.2 Å². The van der Waals surface area contributed by atoms with Gasteiger partial charge in [-0.25, -0.2) is 14.4 Å². The number of allylic oxidation sites excluding steroid dienone is 1. The molecule has 8 amide bonds. The van der Waals surface area contributed by atoms with Crippen molar-refractivity contribution in [2.24, 2.45) is 29.2 Å². The van der Waals surface area contributed by atoms with E-state index in [9.17, 15) is 38.7 Å². The molecule has 0 aliphatic carbocycles. The summed E-state index contributed by atoms with van der Waals surface area (Å²) in [5, 5.41) is 28.4. The third-order valence-corrected chi connectivity index (χ3v) is 16.5. The molecular weight excluding hydrogens is 1160 g/mol. The van der Waals surface area contributed by atoms with Crippen molar-refractivity contribution in [3.63, 3.8) is 0 Å². The van der Waals surface area contributed by atoms with Gasteiger partial charge in [0.2, 0.25) is 23.6 Å². The van der Waals surface area contributed by atoms with Crippen LogP contribution in [0.5, 0.6) is 0 Å². The van der Waals surface area contributed by atoms with Crippen LogP contribution in [0.15, 0.2) is 48.1 Å². The van der Waals surface area contributed by atoms with Crippen molar-refractivity contribution in [3.8, 4) is 0 Å². The molecule has 5 rings (SSSR count). The van der Waals surface area contributed by atoms with E-state index in [2.05, 4.69) is 81.6 Å². The Bertz CT molecular complexity index is 2360. The standard InChI is InChI=1S/C60H97BrN10O14/c1-38(2)54(69-52(73)15-9-8-10-22-64-53(74)34-61)56(76)68-47(14-11-23-65-57(63)77)55(75)67-45-19-17-44(18-20-45)35-81-58(78)70-24-26-71(27-25-70)59(79)83-42(6)13-12-28-80-37-66-48-30-41(5)49(84-43(48)7)21-16-39(3)29-40(4)50-33-60(36-82-60)32-46(85-50)31-51(62)72/h12-13,16-20,38,40-43,46-50,52,54,66,69,73H,8-11,14-15,21-37H2,1-7H3,(H2,62,72)(H,64,74)(H,67,75)(H,68,76)(H3,63,65,77)/b13-12-,39-16+/t40-,41+,42+,43-,46-,47+,48-,49?,50?,52?,54+,60+/m1/s1. The molecular formula is C60H97BrN10O14. The number of hydrogen-bond acceptors (Lipinski definition) is 16. The van der Waals surface area contributed by atoms with Crippen LogP contribution in [0.4, 0.5) is 20.1 Å². The summed E-state index contributed by atoms with van der Waals surface area (Å²) < 4.78 is 35.7. The first-order valence-corrected chi connectivity index (χ1v) is 31.4. The average molecular weight is 1260 g/mol. The lowest BCUT2D eigenvalue weighted by molar-refractivity contribution is -0.131. The molecule has 1 spiro atoms. The van der Waals surface area contributed by atoms with Crippen molar-refractivity contribution in [1.29, 1.82) is 0 Å². The normalized spacial score (nSPS) is 24.2. The highest BCUT2D eigenvalue weighted by molar-refractivity contribution is 9.09. The molecule has 1 aromatic carbocycles. The summed E-state index contributed by atoms with van der Waals surface area (Å²) in [7, 11) is 0. The Labute approximate surface area is 510 Å². The number of unbranched alkanes of at least 4 members (excludes halogenated alkanes) is 2. The van der Waals surface area contributed by atoms with Crippen molar-refractivity contribution in [2.75, 3.05) is 69.9 Å². The fourth-order valence-electron chi connectivity index (χ4n) is 10.9. The van der Waals surface area contributed by atoms with Crippen molar-refractivity contribution in [3.05, 3.63) is 53.6 Å². The van der Waals surface area contributed by atoms with Crippen molar-refractivity contribution in [2.45, 2.75) is 193 Å². The molecule has 0 saturated carbocycles. The van der Waals surface area contributed by atoms with E-state index >= 15 is 0 Å². The minimum absolute atomic E-state index is 0.00163. The van der Waals surface area contributed by atoms with Gasteiger partial charge in [-0.1, -0.05) is 79.9 Å². The van der Waals surface area contributed by atoms with E-state index in [1.807, 2.05) is 19.9 Å². The predicted molar refractivity (Wildman–Crippen MR) is 324 cm³/mol. The number of halogens is 1. The third-order valence-electron chi connectivity index (χ3n) is 16.0. The molecule has 0 radical (unpaired) electrons. The highest BCUT2D eigenvalue weighted by Gasteiger charge is 2.52. The van der Waals surface area contributed by atoms with Gasteiger partial charge in [0.25, 0.3) is 0 Å². The molecule has 1 aromatic rings. The number of aliphatic hydroxyl groups excluding tert-OH is 1. The van der Waals surface area contributed by atoms with Crippen LogP contribution in [-0.2, 0) is 54.2 Å². The molecule has 11 N–H and O–H groups in total. The van der Waals surface area contributed by atoms with Crippen LogP contribution in [0.3, 0.4) is 0 Å². The summed E-state index contributed by atoms with van der Waals surface area (Å²) in [6.45, 7) is 17.2. The molecule has 478 valence electrons. The molecule has 4 fully saturated rings. The SMILES string of the molecule is C/C(=C\CC1O[C@H](C)[C@H](NCOC/C=C\[C@H](C)OC(=O)N2CCN(C(=O)OCc3ccc(NC(=O)[C@H](CCCNC(N)=O)NC(=O)[C@@H](NC(O)CCCCCNC(=O)CBr)C(C)C)cc3)CC2)C[C@@H]1C)C[C@@H](C)C1C[C@]2(CO2)C[C@@H](CC(N)=O)O1. The number of anilines is 1. The number of aliphatic hydroxyl groups is 1. The number of alkyl halides is 1. The third kappa shape index (κ3) is 25.4. The first-order chi connectivity index (χ1) is 40.5. The highest BCUT2D eigenvalue weighted by Crippen LogP contribution is 2.45. The van der Waals surface area contributed by atoms with E-state index < -0.39 is 54.4 Å². The van der Waals surface area contributed by atoms with Gasteiger partial charge in [0.1, 0.15) is 25.0 Å². The molecule has 0 bridgehead atoms. The molecule has 4 aliphatic heterocycles. The summed E-state index contributed by atoms with van der Waals surface area (Å²) in [6.07, 6.45) is 10.9. The van der Waals surface area contributed by atoms with E-state index in [0.29, 0.717) is 56.3 Å². The second kappa shape index (κ2) is 36.0. The van der Waals surface area contributed by atoms with Gasteiger partial charge in [-0.05, 0) is 114 Å². The number of ether oxygens (including phenoxy) is 6. The number of rotatable bonds is 34. The number of primary amides is 2. The van der Waals surface area contributed by atoms with Crippen molar-refractivity contribution in [1.82, 2.24) is 36.4 Å². The summed E-state index contributed by atoms with van der Waals surface area (Å²) in [5.41, 5.74) is 12.9. The Kier molecular flexibility index (Phi) is 29.8. The van der Waals surface area contributed by atoms with E-state index in [0.717, 1.165) is 51.6 Å². The zero-order chi connectivity index (χ0) is 62.1. The van der Waals surface area contributed by atoms with Crippen LogP contribution < -0.4 is 43.4 Å². The first-order valence-electron chi connectivity index (χ1n) is 30.3. The molecule has 4 aliphatic rings. The lowest BCUT2D eigenvalue weighted by atomic mass is 9.83. The fourth-order valence-corrected chi connectivity index (χ4v) is 11.1. The maximum atomic E-state index is 13.6. The quantitative estimate of drug-likeness (QED) is 0.0141. The zero-order valence-electron chi connectivity index (χ0n) is 50.9. The number of nitrogens with two attached hydrogens (primary N) is 2. The monoisotopic (exact) mass is 1260 g/mol. The Morgan fingerprint density at radius 2 is 1.58 bits per heavy atom. The smallest absolute Gasteiger partial charge is 0.410 e. The molecule has 3 unspecified atom stereocenters. The maximum absolute atomic E-state index is 13.6. The lowest BCUT2D eigenvalue weighted by Crippen LogP contribution is -2.55. The van der Waals surface area contributed by atoms with Crippen LogP contribution in [0.1, 0.15) is 131 Å². The van der Waals surface area contributed by atoms with Gasteiger partial charge in [0.15, 0.2) is 0 Å². The largest absolute Gasteiger partial charge is 0.445 e. The second-order valence-corrected chi connectivity index (χ2v) is 24.3. The number of hydrogen-bond donors (Lipinski definition) is 9. The predicted octanol–water partition coefficient (Wildman–Crippen LogP) is 5.20. The number of urea groups is 1. The maximum Gasteiger partial charge on any atom is 0.410 e. The van der Waals surface area contributed by atoms with Gasteiger partial charge < -0.3 is 76.1 Å². The zero-order valence-corrected chi connectivity index (χ0v) is 52.5. The van der Waals surface area contributed by atoms with Crippen LogP contribution >= 0.6 is 15.9 Å². The number of amides is 8. The van der Waals surface area contributed by atoms with E-state index in [1.165, 1.54) is 10.5 Å². The molecule has 0 aromatic heterocycles. The van der Waals surface area contributed by atoms with Crippen LogP contribution in [0.2, 0.25) is 0 Å². The number of carbonyl (C=O) groups is 7. The van der Waals surface area contributed by atoms with Gasteiger partial charge in [0.05, 0.1) is 67.8 Å². The van der Waals surface area contributed by atoms with Crippen molar-refractivity contribution < 1.29 is 67.1 Å². The van der Waals surface area contributed by atoms with Gasteiger partial charge in [0, 0.05) is 63.8 Å². The lowest BCUT2D eigenvalue weighted by Gasteiger charge is -2.39. The summed E-state index contributed by atoms with van der Waals surface area (Å²) in [4.78, 5) is 90.7. The molecule has 85 heavy (non-hydrogen) atoms. The molecule has 4 saturated heterocycles. The summed E-state index contributed by atoms with van der Waals surface area (Å²) in [5.74, 6) is -1.04. The molecule has 25 heteroatoms. The number of piperazine rings is 1. The van der Waals surface area contributed by atoms with Gasteiger partial charge in [-0.3, -0.25) is 29.8 Å². The topological polar surface area (TPSA) is 329 Å². The minimum atomic E-state index is -1.000. The van der Waals surface area contributed by atoms with Gasteiger partial charge in [-0.15, -0.1) is 0 Å². The summed E-state index contributed by atoms with van der Waals surface area (Å²) >= 11 is 3.11. The molecule has 4 heterocycles. The van der Waals surface area contributed by atoms with E-state index in [-0.39, 0.29) is 117 Å².